The zero-order valence-corrected chi connectivity index (χ0v) is 11.2. The molecule has 1 aromatic carbocycles. The Labute approximate surface area is 112 Å². The van der Waals surface area contributed by atoms with E-state index in [-0.39, 0.29) is 0 Å². The van der Waals surface area contributed by atoms with E-state index < -0.39 is 11.7 Å². The molecule has 0 spiro atoms. The van der Waals surface area contributed by atoms with Gasteiger partial charge < -0.3 is 5.32 Å². The van der Waals surface area contributed by atoms with Gasteiger partial charge in [-0.3, -0.25) is 0 Å². The maximum atomic E-state index is 12.1. The summed E-state index contributed by atoms with van der Waals surface area (Å²) in [6.07, 6.45) is -1.08. The minimum absolute atomic E-state index is 0.568. The average molecular weight is 271 g/mol. The van der Waals surface area contributed by atoms with Crippen LogP contribution in [0.3, 0.4) is 0 Å². The highest BCUT2D eigenvalue weighted by Crippen LogP contribution is 2.29. The van der Waals surface area contributed by atoms with Gasteiger partial charge >= 0.3 is 6.18 Å². The Bertz CT molecular complexity index is 402. The maximum Gasteiger partial charge on any atom is 0.416 e. The van der Waals surface area contributed by atoms with E-state index in [4.69, 9.17) is 0 Å². The number of alkyl halides is 3. The highest BCUT2D eigenvalue weighted by atomic mass is 19.4. The predicted octanol–water partition coefficient (Wildman–Crippen LogP) is 4.19. The topological polar surface area (TPSA) is 12.0 Å². The summed E-state index contributed by atoms with van der Waals surface area (Å²) in [4.78, 5) is 0. The molecule has 1 aliphatic heterocycles. The lowest BCUT2D eigenvalue weighted by molar-refractivity contribution is -0.137. The highest BCUT2D eigenvalue weighted by Gasteiger charge is 2.30. The van der Waals surface area contributed by atoms with E-state index in [1.54, 1.807) is 6.07 Å². The molecule has 0 unspecified atom stereocenters. The van der Waals surface area contributed by atoms with Crippen molar-refractivity contribution in [2.45, 2.75) is 32.4 Å². The fourth-order valence-corrected chi connectivity index (χ4v) is 1.78. The van der Waals surface area contributed by atoms with Crippen LogP contribution in [0.5, 0.6) is 0 Å². The van der Waals surface area contributed by atoms with Crippen molar-refractivity contribution in [3.8, 4) is 0 Å². The van der Waals surface area contributed by atoms with Crippen molar-refractivity contribution in [2.24, 2.45) is 0 Å². The molecular weight excluding hydrogens is 251 g/mol. The lowest BCUT2D eigenvalue weighted by Crippen LogP contribution is -2.23. The molecule has 106 valence electrons. The molecule has 1 fully saturated rings. The summed E-state index contributed by atoms with van der Waals surface area (Å²) < 4.78 is 36.3. The van der Waals surface area contributed by atoms with Crippen LogP contribution < -0.4 is 5.32 Å². The van der Waals surface area contributed by atoms with Gasteiger partial charge in [-0.2, -0.15) is 13.2 Å². The van der Waals surface area contributed by atoms with Gasteiger partial charge in [0.15, 0.2) is 0 Å². The van der Waals surface area contributed by atoms with E-state index in [1.165, 1.54) is 37.1 Å². The van der Waals surface area contributed by atoms with Gasteiger partial charge in [0, 0.05) is 6.54 Å². The van der Waals surface area contributed by atoms with Crippen LogP contribution in [0, 0.1) is 0 Å². The summed E-state index contributed by atoms with van der Waals surface area (Å²) in [5.74, 6) is 0. The first-order chi connectivity index (χ1) is 8.93. The number of benzene rings is 1. The molecule has 0 bridgehead atoms. The van der Waals surface area contributed by atoms with Crippen LogP contribution in [-0.2, 0) is 12.6 Å². The Morgan fingerprint density at radius 1 is 1.32 bits per heavy atom. The third-order valence-corrected chi connectivity index (χ3v) is 2.92. The lowest BCUT2D eigenvalue weighted by Gasteiger charge is -2.12. The third-order valence-electron chi connectivity index (χ3n) is 2.92. The Balaban J connectivity index is 0.000000218. The first-order valence-electron chi connectivity index (χ1n) is 6.47. The molecule has 1 saturated heterocycles. The van der Waals surface area contributed by atoms with Gasteiger partial charge in [0.05, 0.1) is 5.56 Å². The quantitative estimate of drug-likeness (QED) is 0.755. The van der Waals surface area contributed by atoms with E-state index >= 15 is 0 Å². The SMILES string of the molecule is C=C1CCCNC1.CCc1cccc(C(F)(F)F)c1. The predicted molar refractivity (Wildman–Crippen MR) is 72.1 cm³/mol. The minimum Gasteiger partial charge on any atom is -0.313 e. The van der Waals surface area contributed by atoms with Gasteiger partial charge in [-0.1, -0.05) is 37.3 Å². The Morgan fingerprint density at radius 3 is 2.47 bits per heavy atom. The summed E-state index contributed by atoms with van der Waals surface area (Å²) >= 11 is 0. The Hall–Kier alpha value is -1.29. The monoisotopic (exact) mass is 271 g/mol. The summed E-state index contributed by atoms with van der Waals surface area (Å²) in [6.45, 7) is 7.90. The number of nitrogens with one attached hydrogen (secondary N) is 1. The fourth-order valence-electron chi connectivity index (χ4n) is 1.78. The average Bonchev–Trinajstić information content (AvgIpc) is 2.39. The van der Waals surface area contributed by atoms with Crippen molar-refractivity contribution in [1.82, 2.24) is 5.32 Å². The first kappa shape index (κ1) is 15.8. The van der Waals surface area contributed by atoms with E-state index in [0.29, 0.717) is 12.0 Å². The molecule has 0 atom stereocenters. The molecule has 0 amide bonds. The van der Waals surface area contributed by atoms with Crippen molar-refractivity contribution in [3.63, 3.8) is 0 Å². The van der Waals surface area contributed by atoms with Crippen molar-refractivity contribution in [3.05, 3.63) is 47.5 Å². The number of halogens is 3. The summed E-state index contributed by atoms with van der Waals surface area (Å²) in [5, 5.41) is 3.23. The zero-order chi connectivity index (χ0) is 14.3. The molecule has 0 radical (unpaired) electrons. The highest BCUT2D eigenvalue weighted by molar-refractivity contribution is 5.25. The summed E-state index contributed by atoms with van der Waals surface area (Å²) in [7, 11) is 0. The molecule has 1 N–H and O–H groups in total. The molecular formula is C15H20F3N. The Kier molecular flexibility index (Phi) is 6.09. The normalized spacial score (nSPS) is 15.7. The van der Waals surface area contributed by atoms with E-state index in [0.717, 1.165) is 12.6 Å². The maximum absolute atomic E-state index is 12.1. The molecule has 0 saturated carbocycles. The Morgan fingerprint density at radius 2 is 2.05 bits per heavy atom. The lowest BCUT2D eigenvalue weighted by atomic mass is 10.1. The second kappa shape index (κ2) is 7.34. The number of hydrogen-bond donors (Lipinski definition) is 1. The molecule has 1 nitrogen and oxygen atoms in total. The van der Waals surface area contributed by atoms with Crippen LogP contribution in [0.15, 0.2) is 36.4 Å². The number of rotatable bonds is 1. The number of hydrogen-bond acceptors (Lipinski definition) is 1. The number of aryl methyl sites for hydroxylation is 1. The second-order valence-electron chi connectivity index (χ2n) is 4.58. The van der Waals surface area contributed by atoms with Gasteiger partial charge in [0.1, 0.15) is 0 Å². The largest absolute Gasteiger partial charge is 0.416 e. The fraction of sp³-hybridized carbons (Fsp3) is 0.467. The smallest absolute Gasteiger partial charge is 0.313 e. The molecule has 1 aromatic rings. The van der Waals surface area contributed by atoms with Gasteiger partial charge in [-0.15, -0.1) is 0 Å². The van der Waals surface area contributed by atoms with Crippen LogP contribution in [-0.4, -0.2) is 13.1 Å². The second-order valence-corrected chi connectivity index (χ2v) is 4.58. The molecule has 1 aliphatic rings. The third kappa shape index (κ3) is 5.92. The van der Waals surface area contributed by atoms with Crippen LogP contribution in [0.4, 0.5) is 13.2 Å². The summed E-state index contributed by atoms with van der Waals surface area (Å²) in [6, 6.07) is 5.38. The van der Waals surface area contributed by atoms with Crippen LogP contribution in [0.1, 0.15) is 30.9 Å². The van der Waals surface area contributed by atoms with Crippen molar-refractivity contribution >= 4 is 0 Å². The van der Waals surface area contributed by atoms with Gasteiger partial charge in [-0.05, 0) is 37.4 Å². The number of piperidine rings is 1. The first-order valence-corrected chi connectivity index (χ1v) is 6.47. The van der Waals surface area contributed by atoms with Crippen LogP contribution in [0.2, 0.25) is 0 Å². The van der Waals surface area contributed by atoms with Crippen molar-refractivity contribution in [2.75, 3.05) is 13.1 Å². The molecule has 4 heteroatoms. The minimum atomic E-state index is -4.22. The van der Waals surface area contributed by atoms with Crippen LogP contribution >= 0.6 is 0 Å². The van der Waals surface area contributed by atoms with E-state index in [2.05, 4.69) is 11.9 Å². The van der Waals surface area contributed by atoms with Gasteiger partial charge in [0.25, 0.3) is 0 Å². The van der Waals surface area contributed by atoms with Crippen molar-refractivity contribution < 1.29 is 13.2 Å². The molecule has 0 aromatic heterocycles. The zero-order valence-electron chi connectivity index (χ0n) is 11.2. The van der Waals surface area contributed by atoms with Gasteiger partial charge in [-0.25, -0.2) is 0 Å². The van der Waals surface area contributed by atoms with E-state index in [9.17, 15) is 13.2 Å². The molecule has 2 rings (SSSR count). The molecule has 1 heterocycles. The van der Waals surface area contributed by atoms with Crippen LogP contribution in [0.25, 0.3) is 0 Å². The van der Waals surface area contributed by atoms with Gasteiger partial charge in [0.2, 0.25) is 0 Å². The molecule has 0 aliphatic carbocycles. The summed E-state index contributed by atoms with van der Waals surface area (Å²) in [5.41, 5.74) is 1.50. The standard InChI is InChI=1S/C9H9F3.C6H11N/c1-2-7-4-3-5-8(6-7)9(10,11)12;1-6-3-2-4-7-5-6/h3-6H,2H2,1H3;7H,1-5H2. The molecule has 19 heavy (non-hydrogen) atoms. The van der Waals surface area contributed by atoms with Crippen molar-refractivity contribution in [1.29, 1.82) is 0 Å². The van der Waals surface area contributed by atoms with E-state index in [1.807, 2.05) is 6.92 Å².